The Kier molecular flexibility index (Phi) is 5.34. The molecule has 0 aromatic heterocycles. The SMILES string of the molecule is COc1cc(NCC(O)CC2CCCC2)ccc1Cl. The number of hydrogen-bond donors (Lipinski definition) is 2. The quantitative estimate of drug-likeness (QED) is 0.836. The van der Waals surface area contributed by atoms with E-state index in [-0.39, 0.29) is 6.10 Å². The van der Waals surface area contributed by atoms with E-state index in [1.165, 1.54) is 25.7 Å². The summed E-state index contributed by atoms with van der Waals surface area (Å²) in [6.07, 6.45) is 5.79. The molecule has 1 aromatic carbocycles. The van der Waals surface area contributed by atoms with Crippen LogP contribution in [0.1, 0.15) is 32.1 Å². The van der Waals surface area contributed by atoms with Gasteiger partial charge in [-0.25, -0.2) is 0 Å². The number of rotatable bonds is 6. The number of nitrogens with one attached hydrogen (secondary N) is 1. The molecule has 0 spiro atoms. The highest BCUT2D eigenvalue weighted by atomic mass is 35.5. The maximum absolute atomic E-state index is 10.0. The van der Waals surface area contributed by atoms with Gasteiger partial charge in [0.1, 0.15) is 5.75 Å². The first-order chi connectivity index (χ1) is 9.19. The molecule has 1 unspecified atom stereocenters. The Labute approximate surface area is 119 Å². The Balaban J connectivity index is 1.80. The summed E-state index contributed by atoms with van der Waals surface area (Å²) in [6, 6.07) is 5.55. The molecule has 0 aliphatic heterocycles. The molecule has 0 saturated heterocycles. The fourth-order valence-corrected chi connectivity index (χ4v) is 2.91. The van der Waals surface area contributed by atoms with E-state index >= 15 is 0 Å². The number of hydrogen-bond acceptors (Lipinski definition) is 3. The van der Waals surface area contributed by atoms with Crippen molar-refractivity contribution in [2.45, 2.75) is 38.2 Å². The van der Waals surface area contributed by atoms with Crippen molar-refractivity contribution in [1.29, 1.82) is 0 Å². The molecule has 0 amide bonds. The number of benzene rings is 1. The number of halogens is 1. The highest BCUT2D eigenvalue weighted by Crippen LogP contribution is 2.29. The van der Waals surface area contributed by atoms with E-state index < -0.39 is 0 Å². The minimum absolute atomic E-state index is 0.287. The zero-order valence-corrected chi connectivity index (χ0v) is 12.1. The van der Waals surface area contributed by atoms with E-state index in [1.807, 2.05) is 12.1 Å². The summed E-state index contributed by atoms with van der Waals surface area (Å²) in [6.45, 7) is 0.571. The second kappa shape index (κ2) is 7.01. The summed E-state index contributed by atoms with van der Waals surface area (Å²) in [7, 11) is 1.60. The second-order valence-corrected chi connectivity index (χ2v) is 5.68. The zero-order chi connectivity index (χ0) is 13.7. The summed E-state index contributed by atoms with van der Waals surface area (Å²) in [5.74, 6) is 1.36. The van der Waals surface area contributed by atoms with Crippen molar-refractivity contribution in [2.24, 2.45) is 5.92 Å². The fourth-order valence-electron chi connectivity index (χ4n) is 2.72. The molecule has 1 fully saturated rings. The standard InChI is InChI=1S/C15H22ClNO2/c1-19-15-9-12(6-7-14(15)16)17-10-13(18)8-11-4-2-3-5-11/h6-7,9,11,13,17-18H,2-5,8,10H2,1H3. The highest BCUT2D eigenvalue weighted by Gasteiger charge is 2.18. The zero-order valence-electron chi connectivity index (χ0n) is 11.4. The van der Waals surface area contributed by atoms with E-state index in [0.29, 0.717) is 23.2 Å². The van der Waals surface area contributed by atoms with Crippen LogP contribution in [0.25, 0.3) is 0 Å². The van der Waals surface area contributed by atoms with E-state index in [2.05, 4.69) is 5.32 Å². The van der Waals surface area contributed by atoms with Crippen LogP contribution in [-0.2, 0) is 0 Å². The number of aliphatic hydroxyl groups excluding tert-OH is 1. The number of ether oxygens (including phenoxy) is 1. The highest BCUT2D eigenvalue weighted by molar-refractivity contribution is 6.32. The first-order valence-electron chi connectivity index (χ1n) is 6.94. The van der Waals surface area contributed by atoms with Crippen molar-refractivity contribution in [1.82, 2.24) is 0 Å². The number of aliphatic hydroxyl groups is 1. The van der Waals surface area contributed by atoms with E-state index in [4.69, 9.17) is 16.3 Å². The molecule has 3 nitrogen and oxygen atoms in total. The van der Waals surface area contributed by atoms with Gasteiger partial charge < -0.3 is 15.2 Å². The largest absolute Gasteiger partial charge is 0.495 e. The third kappa shape index (κ3) is 4.29. The van der Waals surface area contributed by atoms with Gasteiger partial charge in [0.15, 0.2) is 0 Å². The minimum atomic E-state index is -0.287. The molecule has 0 radical (unpaired) electrons. The average molecular weight is 284 g/mol. The van der Waals surface area contributed by atoms with Gasteiger partial charge in [0.25, 0.3) is 0 Å². The Hall–Kier alpha value is -0.930. The molecule has 1 atom stereocenters. The predicted octanol–water partition coefficient (Wildman–Crippen LogP) is 3.70. The van der Waals surface area contributed by atoms with Crippen LogP contribution < -0.4 is 10.1 Å². The van der Waals surface area contributed by atoms with Gasteiger partial charge in [-0.1, -0.05) is 37.3 Å². The van der Waals surface area contributed by atoms with Crippen LogP contribution in [0.5, 0.6) is 5.75 Å². The molecule has 2 N–H and O–H groups in total. The van der Waals surface area contributed by atoms with Gasteiger partial charge in [-0.3, -0.25) is 0 Å². The lowest BCUT2D eigenvalue weighted by Crippen LogP contribution is -2.22. The Morgan fingerprint density at radius 1 is 1.42 bits per heavy atom. The van der Waals surface area contributed by atoms with Gasteiger partial charge in [-0.05, 0) is 24.5 Å². The Bertz CT molecular complexity index is 405. The lowest BCUT2D eigenvalue weighted by molar-refractivity contribution is 0.155. The third-order valence-corrected chi connectivity index (χ3v) is 4.09. The third-order valence-electron chi connectivity index (χ3n) is 3.77. The fraction of sp³-hybridized carbons (Fsp3) is 0.600. The van der Waals surface area contributed by atoms with Gasteiger partial charge in [0.2, 0.25) is 0 Å². The van der Waals surface area contributed by atoms with Crippen LogP contribution in [0.4, 0.5) is 5.69 Å². The molecule has 19 heavy (non-hydrogen) atoms. The number of anilines is 1. The van der Waals surface area contributed by atoms with Crippen molar-refractivity contribution >= 4 is 17.3 Å². The van der Waals surface area contributed by atoms with Gasteiger partial charge in [-0.15, -0.1) is 0 Å². The molecule has 0 heterocycles. The summed E-state index contributed by atoms with van der Waals surface area (Å²) in [5, 5.41) is 13.9. The van der Waals surface area contributed by atoms with Crippen molar-refractivity contribution < 1.29 is 9.84 Å². The van der Waals surface area contributed by atoms with Crippen molar-refractivity contribution in [2.75, 3.05) is 19.0 Å². The molecule has 2 rings (SSSR count). The molecule has 1 saturated carbocycles. The van der Waals surface area contributed by atoms with Gasteiger partial charge in [-0.2, -0.15) is 0 Å². The minimum Gasteiger partial charge on any atom is -0.495 e. The van der Waals surface area contributed by atoms with Crippen molar-refractivity contribution in [3.63, 3.8) is 0 Å². The van der Waals surface area contributed by atoms with Crippen molar-refractivity contribution in [3.8, 4) is 5.75 Å². The normalized spacial score (nSPS) is 17.4. The van der Waals surface area contributed by atoms with Crippen LogP contribution in [0.2, 0.25) is 5.02 Å². The summed E-state index contributed by atoms with van der Waals surface area (Å²) in [5.41, 5.74) is 0.923. The Morgan fingerprint density at radius 2 is 2.16 bits per heavy atom. The molecule has 4 heteroatoms. The topological polar surface area (TPSA) is 41.5 Å². The number of methoxy groups -OCH3 is 1. The molecule has 1 aromatic rings. The van der Waals surface area contributed by atoms with E-state index in [1.54, 1.807) is 13.2 Å². The molecular weight excluding hydrogens is 262 g/mol. The molecule has 106 valence electrons. The molecule has 0 bridgehead atoms. The Morgan fingerprint density at radius 3 is 2.84 bits per heavy atom. The second-order valence-electron chi connectivity index (χ2n) is 5.27. The first kappa shape index (κ1) is 14.5. The van der Waals surface area contributed by atoms with Crippen LogP contribution in [0.3, 0.4) is 0 Å². The smallest absolute Gasteiger partial charge is 0.139 e. The lowest BCUT2D eigenvalue weighted by Gasteiger charge is -2.17. The predicted molar refractivity (Wildman–Crippen MR) is 79.1 cm³/mol. The summed E-state index contributed by atoms with van der Waals surface area (Å²) in [4.78, 5) is 0. The summed E-state index contributed by atoms with van der Waals surface area (Å²) < 4.78 is 5.17. The van der Waals surface area contributed by atoms with E-state index in [0.717, 1.165) is 12.1 Å². The van der Waals surface area contributed by atoms with E-state index in [9.17, 15) is 5.11 Å². The van der Waals surface area contributed by atoms with Crippen LogP contribution >= 0.6 is 11.6 Å². The monoisotopic (exact) mass is 283 g/mol. The van der Waals surface area contributed by atoms with Gasteiger partial charge in [0.05, 0.1) is 18.2 Å². The average Bonchev–Trinajstić information content (AvgIpc) is 2.90. The lowest BCUT2D eigenvalue weighted by atomic mass is 10.00. The van der Waals surface area contributed by atoms with Gasteiger partial charge >= 0.3 is 0 Å². The molecule has 1 aliphatic carbocycles. The maximum Gasteiger partial charge on any atom is 0.139 e. The van der Waals surface area contributed by atoms with Gasteiger partial charge in [0, 0.05) is 18.3 Å². The van der Waals surface area contributed by atoms with Crippen LogP contribution in [0.15, 0.2) is 18.2 Å². The van der Waals surface area contributed by atoms with Crippen LogP contribution in [-0.4, -0.2) is 24.9 Å². The summed E-state index contributed by atoms with van der Waals surface area (Å²) >= 11 is 5.97. The molecular formula is C15H22ClNO2. The van der Waals surface area contributed by atoms with Crippen LogP contribution in [0, 0.1) is 5.92 Å². The maximum atomic E-state index is 10.0. The molecule has 1 aliphatic rings. The first-order valence-corrected chi connectivity index (χ1v) is 7.32. The van der Waals surface area contributed by atoms with Crippen molar-refractivity contribution in [3.05, 3.63) is 23.2 Å².